The molecule has 0 aliphatic rings. The summed E-state index contributed by atoms with van der Waals surface area (Å²) in [7, 11) is 1.84. The number of anilines is 1. The van der Waals surface area contributed by atoms with Crippen LogP contribution in [0.1, 0.15) is 16.1 Å². The number of hydrogen-bond donors (Lipinski definition) is 1. The van der Waals surface area contributed by atoms with Crippen molar-refractivity contribution >= 4 is 27.5 Å². The molecule has 0 saturated heterocycles. The summed E-state index contributed by atoms with van der Waals surface area (Å²) in [6.07, 6.45) is 1.85. The third kappa shape index (κ3) is 2.77. The highest BCUT2D eigenvalue weighted by Gasteiger charge is 2.10. The molecule has 0 spiro atoms. The van der Waals surface area contributed by atoms with Gasteiger partial charge in [-0.25, -0.2) is 0 Å². The molecule has 1 amide bonds. The van der Waals surface area contributed by atoms with Crippen molar-refractivity contribution in [3.05, 3.63) is 52.3 Å². The first-order valence-corrected chi connectivity index (χ1v) is 6.05. The van der Waals surface area contributed by atoms with E-state index >= 15 is 0 Å². The number of nitrogens with one attached hydrogen (secondary N) is 1. The lowest BCUT2D eigenvalue weighted by atomic mass is 10.2. The zero-order chi connectivity index (χ0) is 12.4. The Labute approximate surface area is 109 Å². The minimum absolute atomic E-state index is 0.109. The van der Waals surface area contributed by atoms with E-state index in [9.17, 15) is 4.79 Å². The molecule has 1 heterocycles. The van der Waals surface area contributed by atoms with Gasteiger partial charge in [-0.1, -0.05) is 17.7 Å². The number of rotatable bonds is 2. The van der Waals surface area contributed by atoms with Gasteiger partial charge < -0.3 is 9.88 Å². The zero-order valence-electron chi connectivity index (χ0n) is 9.70. The molecule has 0 aliphatic heterocycles. The number of aryl methyl sites for hydroxylation is 2. The standard InChI is InChI=1S/C13H13BrN2O/c1-9-3-5-11(6-4-9)15-13(17)12-7-10(14)8-16(12)2/h3-8H,1-2H3,(H,15,17). The van der Waals surface area contributed by atoms with Crippen LogP contribution < -0.4 is 5.32 Å². The summed E-state index contributed by atoms with van der Waals surface area (Å²) in [4.78, 5) is 12.0. The third-order valence-electron chi connectivity index (χ3n) is 2.51. The first-order valence-electron chi connectivity index (χ1n) is 5.26. The molecule has 1 aromatic carbocycles. The van der Waals surface area contributed by atoms with Gasteiger partial charge in [-0.15, -0.1) is 0 Å². The Bertz CT molecular complexity index is 543. The van der Waals surface area contributed by atoms with Gasteiger partial charge in [-0.3, -0.25) is 4.79 Å². The fraction of sp³-hybridized carbons (Fsp3) is 0.154. The second-order valence-electron chi connectivity index (χ2n) is 3.97. The van der Waals surface area contributed by atoms with Crippen molar-refractivity contribution in [1.82, 2.24) is 4.57 Å². The average molecular weight is 293 g/mol. The molecule has 0 radical (unpaired) electrons. The predicted molar refractivity (Wildman–Crippen MR) is 72.2 cm³/mol. The molecule has 4 heteroatoms. The van der Waals surface area contributed by atoms with Crippen LogP contribution >= 0.6 is 15.9 Å². The van der Waals surface area contributed by atoms with Gasteiger partial charge >= 0.3 is 0 Å². The largest absolute Gasteiger partial charge is 0.345 e. The number of benzene rings is 1. The molecular weight excluding hydrogens is 280 g/mol. The van der Waals surface area contributed by atoms with Crippen LogP contribution in [-0.2, 0) is 7.05 Å². The van der Waals surface area contributed by atoms with Crippen LogP contribution in [0.25, 0.3) is 0 Å². The summed E-state index contributed by atoms with van der Waals surface area (Å²) in [6, 6.07) is 9.52. The van der Waals surface area contributed by atoms with E-state index in [4.69, 9.17) is 0 Å². The summed E-state index contributed by atoms with van der Waals surface area (Å²) in [5.74, 6) is -0.109. The van der Waals surface area contributed by atoms with Gasteiger partial charge in [0.25, 0.3) is 5.91 Å². The quantitative estimate of drug-likeness (QED) is 0.905. The second kappa shape index (κ2) is 4.75. The van der Waals surface area contributed by atoms with E-state index in [2.05, 4.69) is 21.2 Å². The number of amides is 1. The summed E-state index contributed by atoms with van der Waals surface area (Å²) in [5, 5.41) is 2.86. The van der Waals surface area contributed by atoms with Crippen molar-refractivity contribution in [3.63, 3.8) is 0 Å². The minimum Gasteiger partial charge on any atom is -0.345 e. The van der Waals surface area contributed by atoms with Crippen molar-refractivity contribution in [2.75, 3.05) is 5.32 Å². The highest BCUT2D eigenvalue weighted by Crippen LogP contribution is 2.16. The van der Waals surface area contributed by atoms with Crippen LogP contribution in [0.3, 0.4) is 0 Å². The number of hydrogen-bond acceptors (Lipinski definition) is 1. The van der Waals surface area contributed by atoms with E-state index < -0.39 is 0 Å². The number of aromatic nitrogens is 1. The number of carbonyl (C=O) groups is 1. The van der Waals surface area contributed by atoms with Gasteiger partial charge in [0.05, 0.1) is 0 Å². The predicted octanol–water partition coefficient (Wildman–Crippen LogP) is 3.35. The van der Waals surface area contributed by atoms with E-state index in [1.165, 1.54) is 5.56 Å². The van der Waals surface area contributed by atoms with Crippen molar-refractivity contribution in [2.24, 2.45) is 7.05 Å². The van der Waals surface area contributed by atoms with Crippen molar-refractivity contribution < 1.29 is 4.79 Å². The highest BCUT2D eigenvalue weighted by molar-refractivity contribution is 9.10. The zero-order valence-corrected chi connectivity index (χ0v) is 11.3. The molecule has 88 valence electrons. The van der Waals surface area contributed by atoms with Gasteiger partial charge in [-0.2, -0.15) is 0 Å². The lowest BCUT2D eigenvalue weighted by Gasteiger charge is -2.06. The maximum atomic E-state index is 12.0. The molecule has 0 unspecified atom stereocenters. The smallest absolute Gasteiger partial charge is 0.272 e. The molecular formula is C13H13BrN2O. The maximum Gasteiger partial charge on any atom is 0.272 e. The second-order valence-corrected chi connectivity index (χ2v) is 4.89. The summed E-state index contributed by atoms with van der Waals surface area (Å²) >= 11 is 3.35. The minimum atomic E-state index is -0.109. The molecule has 0 bridgehead atoms. The highest BCUT2D eigenvalue weighted by atomic mass is 79.9. The first kappa shape index (κ1) is 11.9. The lowest BCUT2D eigenvalue weighted by Crippen LogP contribution is -2.15. The Morgan fingerprint density at radius 2 is 1.94 bits per heavy atom. The molecule has 2 rings (SSSR count). The SMILES string of the molecule is Cc1ccc(NC(=O)c2cc(Br)cn2C)cc1. The van der Waals surface area contributed by atoms with Gasteiger partial charge in [0.2, 0.25) is 0 Å². The van der Waals surface area contributed by atoms with Crippen LogP contribution in [0.2, 0.25) is 0 Å². The molecule has 3 nitrogen and oxygen atoms in total. The Morgan fingerprint density at radius 3 is 2.47 bits per heavy atom. The Kier molecular flexibility index (Phi) is 3.33. The molecule has 0 aliphatic carbocycles. The summed E-state index contributed by atoms with van der Waals surface area (Å²) in [5.41, 5.74) is 2.60. The van der Waals surface area contributed by atoms with Crippen molar-refractivity contribution in [3.8, 4) is 0 Å². The van der Waals surface area contributed by atoms with E-state index in [1.807, 2.05) is 44.4 Å². The summed E-state index contributed by atoms with van der Waals surface area (Å²) in [6.45, 7) is 2.01. The number of carbonyl (C=O) groups excluding carboxylic acids is 1. The van der Waals surface area contributed by atoms with E-state index in [0.717, 1.165) is 10.2 Å². The fourth-order valence-electron chi connectivity index (χ4n) is 1.58. The van der Waals surface area contributed by atoms with E-state index in [-0.39, 0.29) is 5.91 Å². The lowest BCUT2D eigenvalue weighted by molar-refractivity contribution is 0.101. The van der Waals surface area contributed by atoms with Crippen LogP contribution in [-0.4, -0.2) is 10.5 Å². The van der Waals surface area contributed by atoms with Crippen LogP contribution in [0, 0.1) is 6.92 Å². The van der Waals surface area contributed by atoms with E-state index in [0.29, 0.717) is 5.69 Å². The average Bonchev–Trinajstić information content (AvgIpc) is 2.61. The van der Waals surface area contributed by atoms with Crippen LogP contribution in [0.15, 0.2) is 41.0 Å². The molecule has 0 fully saturated rings. The molecule has 1 N–H and O–H groups in total. The Balaban J connectivity index is 2.17. The first-order chi connectivity index (χ1) is 8.06. The number of halogens is 1. The molecule has 1 aromatic heterocycles. The van der Waals surface area contributed by atoms with Crippen molar-refractivity contribution in [2.45, 2.75) is 6.92 Å². The molecule has 2 aromatic rings. The topological polar surface area (TPSA) is 34.0 Å². The summed E-state index contributed by atoms with van der Waals surface area (Å²) < 4.78 is 2.68. The van der Waals surface area contributed by atoms with Gasteiger partial charge in [0.15, 0.2) is 0 Å². The van der Waals surface area contributed by atoms with Crippen molar-refractivity contribution in [1.29, 1.82) is 0 Å². The molecule has 0 saturated carbocycles. The van der Waals surface area contributed by atoms with E-state index in [1.54, 1.807) is 10.6 Å². The Hall–Kier alpha value is -1.55. The van der Waals surface area contributed by atoms with Gasteiger partial charge in [-0.05, 0) is 41.1 Å². The maximum absolute atomic E-state index is 12.0. The van der Waals surface area contributed by atoms with Gasteiger partial charge in [0.1, 0.15) is 5.69 Å². The van der Waals surface area contributed by atoms with Crippen LogP contribution in [0.4, 0.5) is 5.69 Å². The van der Waals surface area contributed by atoms with Crippen LogP contribution in [0.5, 0.6) is 0 Å². The fourth-order valence-corrected chi connectivity index (χ4v) is 2.11. The monoisotopic (exact) mass is 292 g/mol. The molecule has 17 heavy (non-hydrogen) atoms. The van der Waals surface area contributed by atoms with Gasteiger partial charge in [0, 0.05) is 23.4 Å². The normalized spacial score (nSPS) is 10.3. The Morgan fingerprint density at radius 1 is 1.29 bits per heavy atom. The third-order valence-corrected chi connectivity index (χ3v) is 2.95. The molecule has 0 atom stereocenters. The number of nitrogens with zero attached hydrogens (tertiary/aromatic N) is 1.